The molecule has 0 saturated heterocycles. The molecule has 6 heteroatoms. The van der Waals surface area contributed by atoms with E-state index in [0.717, 1.165) is 11.1 Å². The summed E-state index contributed by atoms with van der Waals surface area (Å²) in [6.07, 6.45) is 1.57. The Labute approximate surface area is 123 Å². The van der Waals surface area contributed by atoms with Gasteiger partial charge in [0.2, 0.25) is 5.88 Å². The highest BCUT2D eigenvalue weighted by molar-refractivity contribution is 9.10. The van der Waals surface area contributed by atoms with E-state index in [2.05, 4.69) is 21.1 Å². The Morgan fingerprint density at radius 2 is 2.00 bits per heavy atom. The van der Waals surface area contributed by atoms with E-state index in [0.29, 0.717) is 21.7 Å². The average molecular weight is 335 g/mol. The number of anilines is 1. The Hall–Kier alpha value is -2.21. The van der Waals surface area contributed by atoms with E-state index in [1.54, 1.807) is 19.4 Å². The standard InChI is InChI=1S/C14H11BrN2O3/c1-18-10-5-3-2-4-8(10)11-12(17-20-14(11)16)9-6-7-19-13(9)15/h2-7H,16H2,1H3. The molecular weight excluding hydrogens is 324 g/mol. The SMILES string of the molecule is COc1ccccc1-c1c(-c2ccoc2Br)noc1N. The lowest BCUT2D eigenvalue weighted by Crippen LogP contribution is -1.91. The molecule has 2 aromatic heterocycles. The van der Waals surface area contributed by atoms with Gasteiger partial charge in [0, 0.05) is 5.56 Å². The molecule has 0 amide bonds. The third-order valence-electron chi connectivity index (χ3n) is 2.97. The van der Waals surface area contributed by atoms with Gasteiger partial charge in [-0.05, 0) is 28.1 Å². The van der Waals surface area contributed by atoms with E-state index in [1.165, 1.54) is 0 Å². The Morgan fingerprint density at radius 1 is 1.20 bits per heavy atom. The lowest BCUT2D eigenvalue weighted by Gasteiger charge is -2.07. The zero-order valence-corrected chi connectivity index (χ0v) is 12.2. The Balaban J connectivity index is 2.25. The highest BCUT2D eigenvalue weighted by Gasteiger charge is 2.22. The summed E-state index contributed by atoms with van der Waals surface area (Å²) in [5.41, 5.74) is 8.80. The van der Waals surface area contributed by atoms with Gasteiger partial charge in [-0.2, -0.15) is 0 Å². The molecule has 0 aliphatic heterocycles. The molecule has 0 aliphatic carbocycles. The molecule has 0 saturated carbocycles. The van der Waals surface area contributed by atoms with Crippen molar-refractivity contribution >= 4 is 21.8 Å². The maximum absolute atomic E-state index is 5.92. The Bertz CT molecular complexity index is 748. The second-order valence-electron chi connectivity index (χ2n) is 4.08. The van der Waals surface area contributed by atoms with Crippen molar-refractivity contribution in [3.05, 3.63) is 41.3 Å². The summed E-state index contributed by atoms with van der Waals surface area (Å²) in [5, 5.41) is 4.03. The van der Waals surface area contributed by atoms with E-state index in [4.69, 9.17) is 19.4 Å². The zero-order chi connectivity index (χ0) is 14.1. The lowest BCUT2D eigenvalue weighted by atomic mass is 10.0. The molecule has 5 nitrogen and oxygen atoms in total. The monoisotopic (exact) mass is 334 g/mol. The molecule has 0 unspecified atom stereocenters. The van der Waals surface area contributed by atoms with Crippen molar-refractivity contribution in [1.29, 1.82) is 0 Å². The number of furan rings is 1. The van der Waals surface area contributed by atoms with Crippen LogP contribution in [0.1, 0.15) is 0 Å². The van der Waals surface area contributed by atoms with Gasteiger partial charge in [0.05, 0.1) is 24.5 Å². The molecule has 0 atom stereocenters. The molecule has 102 valence electrons. The van der Waals surface area contributed by atoms with Crippen LogP contribution in [0.5, 0.6) is 5.75 Å². The normalized spacial score (nSPS) is 10.7. The van der Waals surface area contributed by atoms with Crippen LogP contribution < -0.4 is 10.5 Å². The molecule has 1 aromatic carbocycles. The summed E-state index contributed by atoms with van der Waals surface area (Å²) < 4.78 is 16.3. The number of aromatic nitrogens is 1. The van der Waals surface area contributed by atoms with E-state index in [9.17, 15) is 0 Å². The molecule has 0 spiro atoms. The molecular formula is C14H11BrN2O3. The van der Waals surface area contributed by atoms with Gasteiger partial charge in [0.1, 0.15) is 11.4 Å². The van der Waals surface area contributed by atoms with Crippen LogP contribution >= 0.6 is 15.9 Å². The van der Waals surface area contributed by atoms with Crippen molar-refractivity contribution < 1.29 is 13.7 Å². The van der Waals surface area contributed by atoms with Gasteiger partial charge in [0.25, 0.3) is 0 Å². The highest BCUT2D eigenvalue weighted by Crippen LogP contribution is 2.42. The van der Waals surface area contributed by atoms with Crippen molar-refractivity contribution in [3.8, 4) is 28.1 Å². The van der Waals surface area contributed by atoms with Crippen molar-refractivity contribution in [3.63, 3.8) is 0 Å². The van der Waals surface area contributed by atoms with Gasteiger partial charge in [-0.1, -0.05) is 23.4 Å². The van der Waals surface area contributed by atoms with Gasteiger partial charge in [0.15, 0.2) is 4.67 Å². The number of benzene rings is 1. The smallest absolute Gasteiger partial charge is 0.230 e. The Morgan fingerprint density at radius 3 is 2.70 bits per heavy atom. The van der Waals surface area contributed by atoms with E-state index < -0.39 is 0 Å². The quantitative estimate of drug-likeness (QED) is 0.784. The fraction of sp³-hybridized carbons (Fsp3) is 0.0714. The van der Waals surface area contributed by atoms with Crippen LogP contribution in [0.4, 0.5) is 5.88 Å². The number of nitrogens with two attached hydrogens (primary N) is 1. The van der Waals surface area contributed by atoms with Crippen molar-refractivity contribution in [1.82, 2.24) is 5.16 Å². The first kappa shape index (κ1) is 12.8. The summed E-state index contributed by atoms with van der Waals surface area (Å²) in [5.74, 6) is 0.931. The molecule has 2 N–H and O–H groups in total. The minimum absolute atomic E-state index is 0.234. The third kappa shape index (κ3) is 1.98. The van der Waals surface area contributed by atoms with Crippen LogP contribution in [-0.2, 0) is 0 Å². The maximum atomic E-state index is 5.92. The number of hydrogen-bond acceptors (Lipinski definition) is 5. The average Bonchev–Trinajstić information content (AvgIpc) is 3.04. The van der Waals surface area contributed by atoms with Crippen molar-refractivity contribution in [2.24, 2.45) is 0 Å². The topological polar surface area (TPSA) is 74.4 Å². The largest absolute Gasteiger partial charge is 0.496 e. The minimum atomic E-state index is 0.234. The Kier molecular flexibility index (Phi) is 3.23. The van der Waals surface area contributed by atoms with Crippen LogP contribution in [-0.4, -0.2) is 12.3 Å². The highest BCUT2D eigenvalue weighted by atomic mass is 79.9. The summed E-state index contributed by atoms with van der Waals surface area (Å²) in [6.45, 7) is 0. The van der Waals surface area contributed by atoms with Crippen LogP contribution in [0, 0.1) is 0 Å². The summed E-state index contributed by atoms with van der Waals surface area (Å²) in [4.78, 5) is 0. The molecule has 0 radical (unpaired) electrons. The number of rotatable bonds is 3. The minimum Gasteiger partial charge on any atom is -0.496 e. The van der Waals surface area contributed by atoms with Crippen molar-refractivity contribution in [2.45, 2.75) is 0 Å². The molecule has 0 aliphatic rings. The second kappa shape index (κ2) is 5.05. The predicted molar refractivity (Wildman–Crippen MR) is 78.3 cm³/mol. The molecule has 0 bridgehead atoms. The van der Waals surface area contributed by atoms with E-state index >= 15 is 0 Å². The summed E-state index contributed by atoms with van der Waals surface area (Å²) in [7, 11) is 1.61. The van der Waals surface area contributed by atoms with Crippen LogP contribution in [0.25, 0.3) is 22.4 Å². The lowest BCUT2D eigenvalue weighted by molar-refractivity contribution is 0.416. The first-order chi connectivity index (χ1) is 9.72. The number of hydrogen-bond donors (Lipinski definition) is 1. The number of methoxy groups -OCH3 is 1. The van der Waals surface area contributed by atoms with Gasteiger partial charge in [-0.3, -0.25) is 0 Å². The summed E-state index contributed by atoms with van der Waals surface area (Å²) >= 11 is 3.33. The van der Waals surface area contributed by atoms with Crippen LogP contribution in [0.3, 0.4) is 0 Å². The number of nitrogens with zero attached hydrogens (tertiary/aromatic N) is 1. The maximum Gasteiger partial charge on any atom is 0.230 e. The number of para-hydroxylation sites is 1. The molecule has 20 heavy (non-hydrogen) atoms. The fourth-order valence-electron chi connectivity index (χ4n) is 2.06. The molecule has 3 aromatic rings. The van der Waals surface area contributed by atoms with E-state index in [-0.39, 0.29) is 5.88 Å². The third-order valence-corrected chi connectivity index (χ3v) is 3.58. The van der Waals surface area contributed by atoms with Crippen LogP contribution in [0.15, 0.2) is 50.2 Å². The molecule has 3 rings (SSSR count). The van der Waals surface area contributed by atoms with Gasteiger partial charge in [-0.15, -0.1) is 0 Å². The van der Waals surface area contributed by atoms with Gasteiger partial charge >= 0.3 is 0 Å². The number of halogens is 1. The van der Waals surface area contributed by atoms with E-state index in [1.807, 2.05) is 24.3 Å². The number of ether oxygens (including phenoxy) is 1. The molecule has 2 heterocycles. The van der Waals surface area contributed by atoms with Crippen LogP contribution in [0.2, 0.25) is 0 Å². The van der Waals surface area contributed by atoms with Crippen molar-refractivity contribution in [2.75, 3.05) is 12.8 Å². The predicted octanol–water partition coefficient (Wildman–Crippen LogP) is 3.95. The summed E-state index contributed by atoms with van der Waals surface area (Å²) in [6, 6.07) is 9.34. The fourth-order valence-corrected chi connectivity index (χ4v) is 2.49. The van der Waals surface area contributed by atoms with Gasteiger partial charge in [-0.25, -0.2) is 0 Å². The first-order valence-corrected chi connectivity index (χ1v) is 6.63. The molecule has 0 fully saturated rings. The first-order valence-electron chi connectivity index (χ1n) is 5.84. The zero-order valence-electron chi connectivity index (χ0n) is 10.6. The number of nitrogen functional groups attached to an aromatic ring is 1. The van der Waals surface area contributed by atoms with Gasteiger partial charge < -0.3 is 19.4 Å². The second-order valence-corrected chi connectivity index (χ2v) is 4.80.